The lowest BCUT2D eigenvalue weighted by Crippen LogP contribution is -2.27. The number of benzene rings is 1. The van der Waals surface area contributed by atoms with E-state index in [0.29, 0.717) is 6.04 Å². The third-order valence-corrected chi connectivity index (χ3v) is 4.78. The molecule has 21 heavy (non-hydrogen) atoms. The summed E-state index contributed by atoms with van der Waals surface area (Å²) in [5.74, 6) is 0.845. The van der Waals surface area contributed by atoms with Crippen LogP contribution in [0.5, 0.6) is 0 Å². The standard InChI is InChI=1S/C16H17N3OS/c1-2-11-10-14(16-17-6-9-21-16)19-15(11)13(3-1)18-12-4-7-20-8-5-12/h1-3,10,12,18-19H,4-5,7-9H2. The molecule has 0 saturated carbocycles. The van der Waals surface area contributed by atoms with E-state index in [1.807, 2.05) is 0 Å². The van der Waals surface area contributed by atoms with Crippen LogP contribution in [0.25, 0.3) is 10.9 Å². The highest BCUT2D eigenvalue weighted by Crippen LogP contribution is 2.29. The summed E-state index contributed by atoms with van der Waals surface area (Å²) in [6.45, 7) is 4.70. The molecule has 0 atom stereocenters. The van der Waals surface area contributed by atoms with E-state index in [0.717, 1.165) is 48.1 Å². The fourth-order valence-corrected chi connectivity index (χ4v) is 3.49. The third kappa shape index (κ3) is 2.68. The number of aromatic nitrogens is 1. The van der Waals surface area contributed by atoms with Gasteiger partial charge in [-0.05, 0) is 25.0 Å². The fourth-order valence-electron chi connectivity index (χ4n) is 2.83. The van der Waals surface area contributed by atoms with E-state index in [9.17, 15) is 0 Å². The summed E-state index contributed by atoms with van der Waals surface area (Å²) >= 11 is 1.72. The number of rotatable bonds is 3. The lowest BCUT2D eigenvalue weighted by molar-refractivity contribution is 0.0905. The lowest BCUT2D eigenvalue weighted by atomic mass is 10.1. The molecule has 1 aromatic heterocycles. The molecule has 4 rings (SSSR count). The molecule has 1 fully saturated rings. The Labute approximate surface area is 128 Å². The molecule has 4 nitrogen and oxygen atoms in total. The van der Waals surface area contributed by atoms with E-state index in [2.05, 4.69) is 46.1 Å². The minimum Gasteiger partial charge on any atom is -0.381 e. The normalized spacial score (nSPS) is 19.9. The predicted octanol–water partition coefficient (Wildman–Crippen LogP) is 3.29. The van der Waals surface area contributed by atoms with Crippen molar-refractivity contribution in [3.63, 3.8) is 0 Å². The highest BCUT2D eigenvalue weighted by atomic mass is 32.2. The van der Waals surface area contributed by atoms with Crippen LogP contribution in [0.2, 0.25) is 0 Å². The summed E-state index contributed by atoms with van der Waals surface area (Å²) in [6.07, 6.45) is 2.13. The van der Waals surface area contributed by atoms with Gasteiger partial charge in [-0.3, -0.25) is 4.99 Å². The van der Waals surface area contributed by atoms with Crippen LogP contribution in [0.3, 0.4) is 0 Å². The van der Waals surface area contributed by atoms with Crippen molar-refractivity contribution in [1.29, 1.82) is 0 Å². The van der Waals surface area contributed by atoms with Crippen LogP contribution in [-0.2, 0) is 4.74 Å². The monoisotopic (exact) mass is 299 g/mol. The van der Waals surface area contributed by atoms with E-state index in [-0.39, 0.29) is 0 Å². The van der Waals surface area contributed by atoms with Crippen LogP contribution in [0.1, 0.15) is 18.5 Å². The van der Waals surface area contributed by atoms with Crippen LogP contribution in [0.4, 0.5) is 5.69 Å². The van der Waals surface area contributed by atoms with Crippen molar-refractivity contribution >= 4 is 33.4 Å². The Bertz CT molecular complexity index is 673. The predicted molar refractivity (Wildman–Crippen MR) is 88.0 cm³/mol. The van der Waals surface area contributed by atoms with Crippen LogP contribution in [0.15, 0.2) is 29.3 Å². The minimum absolute atomic E-state index is 0.496. The largest absolute Gasteiger partial charge is 0.381 e. The van der Waals surface area contributed by atoms with Gasteiger partial charge in [0.1, 0.15) is 11.6 Å². The fraction of sp³-hybridized carbons (Fsp3) is 0.375. The number of fused-ring (bicyclic) bond motifs is 1. The Morgan fingerprint density at radius 2 is 2.24 bits per heavy atom. The summed E-state index contributed by atoms with van der Waals surface area (Å²) in [6, 6.07) is 9.04. The van der Waals surface area contributed by atoms with E-state index < -0.39 is 0 Å². The number of para-hydroxylation sites is 1. The Kier molecular flexibility index (Phi) is 3.61. The molecule has 0 unspecified atom stereocenters. The van der Waals surface area contributed by atoms with Crippen molar-refractivity contribution in [2.24, 2.45) is 4.99 Å². The van der Waals surface area contributed by atoms with Crippen molar-refractivity contribution in [3.8, 4) is 0 Å². The van der Waals surface area contributed by atoms with Gasteiger partial charge in [-0.25, -0.2) is 0 Å². The van der Waals surface area contributed by atoms with Gasteiger partial charge in [0.15, 0.2) is 0 Å². The summed E-state index contributed by atoms with van der Waals surface area (Å²) in [5.41, 5.74) is 3.41. The molecule has 0 bridgehead atoms. The maximum absolute atomic E-state index is 5.42. The van der Waals surface area contributed by atoms with Crippen molar-refractivity contribution in [1.82, 2.24) is 4.98 Å². The third-order valence-electron chi connectivity index (χ3n) is 3.92. The first-order valence-corrected chi connectivity index (χ1v) is 8.28. The Morgan fingerprint density at radius 1 is 1.33 bits per heavy atom. The lowest BCUT2D eigenvalue weighted by Gasteiger charge is -2.24. The zero-order valence-corrected chi connectivity index (χ0v) is 12.5. The van der Waals surface area contributed by atoms with E-state index in [4.69, 9.17) is 4.74 Å². The van der Waals surface area contributed by atoms with E-state index in [1.54, 1.807) is 11.8 Å². The van der Waals surface area contributed by atoms with Gasteiger partial charge in [-0.15, -0.1) is 11.8 Å². The van der Waals surface area contributed by atoms with Gasteiger partial charge in [0, 0.05) is 30.4 Å². The van der Waals surface area contributed by atoms with Gasteiger partial charge >= 0.3 is 0 Å². The van der Waals surface area contributed by atoms with Crippen LogP contribution in [0, 0.1) is 6.54 Å². The molecule has 1 aromatic carbocycles. The second-order valence-electron chi connectivity index (χ2n) is 5.35. The molecule has 0 aliphatic carbocycles. The Morgan fingerprint density at radius 3 is 3.05 bits per heavy atom. The van der Waals surface area contributed by atoms with Gasteiger partial charge in [0.05, 0.1) is 16.9 Å². The number of nitrogens with one attached hydrogen (secondary N) is 2. The molecule has 3 heterocycles. The highest BCUT2D eigenvalue weighted by molar-refractivity contribution is 8.14. The van der Waals surface area contributed by atoms with Crippen LogP contribution >= 0.6 is 11.8 Å². The number of anilines is 1. The molecule has 2 radical (unpaired) electrons. The van der Waals surface area contributed by atoms with Gasteiger partial charge in [-0.1, -0.05) is 12.1 Å². The molecule has 2 aliphatic heterocycles. The summed E-state index contributed by atoms with van der Waals surface area (Å²) in [7, 11) is 0. The van der Waals surface area contributed by atoms with E-state index in [1.165, 1.54) is 11.1 Å². The molecule has 0 spiro atoms. The molecule has 108 valence electrons. The van der Waals surface area contributed by atoms with Gasteiger partial charge < -0.3 is 15.0 Å². The average molecular weight is 299 g/mol. The number of hydrogen-bond acceptors (Lipinski definition) is 4. The molecule has 2 aliphatic rings. The number of hydrogen-bond donors (Lipinski definition) is 2. The maximum atomic E-state index is 5.42. The molecule has 2 aromatic rings. The van der Waals surface area contributed by atoms with Crippen molar-refractivity contribution < 1.29 is 4.74 Å². The second kappa shape index (κ2) is 5.73. The zero-order chi connectivity index (χ0) is 14.1. The molecule has 1 saturated heterocycles. The SMILES string of the molecule is [C]1CSC(c2cc3cccc(NC4CCOCC4)c3[nH]2)=N1. The summed E-state index contributed by atoms with van der Waals surface area (Å²) in [4.78, 5) is 7.82. The van der Waals surface area contributed by atoms with Crippen molar-refractivity contribution in [3.05, 3.63) is 36.5 Å². The van der Waals surface area contributed by atoms with Crippen LogP contribution in [-0.4, -0.2) is 35.0 Å². The van der Waals surface area contributed by atoms with Crippen molar-refractivity contribution in [2.75, 3.05) is 24.3 Å². The molecule has 0 amide bonds. The Hall–Kier alpha value is -1.46. The second-order valence-corrected chi connectivity index (χ2v) is 6.31. The quantitative estimate of drug-likeness (QED) is 0.914. The number of H-pyrrole nitrogens is 1. The summed E-state index contributed by atoms with van der Waals surface area (Å²) < 4.78 is 5.42. The number of ether oxygens (including phenoxy) is 1. The number of thioether (sulfide) groups is 1. The molecular weight excluding hydrogens is 282 g/mol. The number of aromatic amines is 1. The molecule has 5 heteroatoms. The Balaban J connectivity index is 1.65. The van der Waals surface area contributed by atoms with E-state index >= 15 is 0 Å². The molecule has 2 N–H and O–H groups in total. The summed E-state index contributed by atoms with van der Waals surface area (Å²) in [5, 5.41) is 5.90. The van der Waals surface area contributed by atoms with Crippen molar-refractivity contribution in [2.45, 2.75) is 18.9 Å². The zero-order valence-electron chi connectivity index (χ0n) is 11.7. The smallest absolute Gasteiger partial charge is 0.128 e. The average Bonchev–Trinajstić information content (AvgIpc) is 3.18. The highest BCUT2D eigenvalue weighted by Gasteiger charge is 2.17. The first kappa shape index (κ1) is 13.2. The minimum atomic E-state index is 0.496. The van der Waals surface area contributed by atoms with Crippen LogP contribution < -0.4 is 5.32 Å². The number of aliphatic imine (C=N–C) groups is 1. The van der Waals surface area contributed by atoms with Gasteiger partial charge in [-0.2, -0.15) is 0 Å². The van der Waals surface area contributed by atoms with Gasteiger partial charge in [0.25, 0.3) is 0 Å². The molecular formula is C16H17N3OS. The first-order chi connectivity index (χ1) is 10.4. The maximum Gasteiger partial charge on any atom is 0.128 e. The topological polar surface area (TPSA) is 49.4 Å². The number of nitrogens with zero attached hydrogens (tertiary/aromatic N) is 1. The van der Waals surface area contributed by atoms with Gasteiger partial charge in [0.2, 0.25) is 0 Å². The first-order valence-electron chi connectivity index (χ1n) is 7.30.